The largest absolute Gasteiger partial charge is 0.294 e. The van der Waals surface area contributed by atoms with Gasteiger partial charge in [-0.25, -0.2) is 8.78 Å². The highest BCUT2D eigenvalue weighted by Crippen LogP contribution is 2.56. The molecule has 0 bridgehead atoms. The van der Waals surface area contributed by atoms with E-state index in [1.54, 1.807) is 0 Å². The minimum atomic E-state index is -0.761. The molecule has 4 heteroatoms. The molecule has 2 aliphatic carbocycles. The first-order valence-corrected chi connectivity index (χ1v) is 7.08. The fourth-order valence-electron chi connectivity index (χ4n) is 3.30. The zero-order valence-corrected chi connectivity index (χ0v) is 11.3. The van der Waals surface area contributed by atoms with Crippen molar-refractivity contribution in [3.63, 3.8) is 0 Å². The summed E-state index contributed by atoms with van der Waals surface area (Å²) in [7, 11) is 0. The fraction of sp³-hybridized carbons (Fsp3) is 0.500. The predicted octanol–water partition coefficient (Wildman–Crippen LogP) is 4.35. The first kappa shape index (κ1) is 12.3. The van der Waals surface area contributed by atoms with Gasteiger partial charge in [-0.1, -0.05) is 12.8 Å². The van der Waals surface area contributed by atoms with Gasteiger partial charge in [-0.15, -0.1) is 0 Å². The molecule has 1 nitrogen and oxygen atoms in total. The Morgan fingerprint density at radius 2 is 1.78 bits per heavy atom. The molecule has 2 atom stereocenters. The summed E-state index contributed by atoms with van der Waals surface area (Å²) < 4.78 is 27.7. The predicted molar refractivity (Wildman–Crippen MR) is 67.3 cm³/mol. The van der Waals surface area contributed by atoms with E-state index in [1.807, 2.05) is 0 Å². The van der Waals surface area contributed by atoms with Gasteiger partial charge >= 0.3 is 0 Å². The molecule has 3 rings (SSSR count). The maximum Gasteiger partial charge on any atom is 0.172 e. The molecule has 0 N–H and O–H groups in total. The molecule has 1 aromatic rings. The molecule has 0 saturated heterocycles. The van der Waals surface area contributed by atoms with Crippen LogP contribution in [-0.4, -0.2) is 5.78 Å². The van der Waals surface area contributed by atoms with Crippen molar-refractivity contribution in [3.05, 3.63) is 33.8 Å². The van der Waals surface area contributed by atoms with Gasteiger partial charge in [0.25, 0.3) is 0 Å². The van der Waals surface area contributed by atoms with Gasteiger partial charge in [-0.2, -0.15) is 0 Å². The summed E-state index contributed by atoms with van der Waals surface area (Å²) in [6, 6.07) is 2.44. The molecule has 1 aromatic carbocycles. The zero-order chi connectivity index (χ0) is 12.9. The van der Waals surface area contributed by atoms with Crippen molar-refractivity contribution in [1.29, 1.82) is 0 Å². The third kappa shape index (κ3) is 1.81. The van der Waals surface area contributed by atoms with Gasteiger partial charge in [0.1, 0.15) is 5.82 Å². The molecule has 96 valence electrons. The highest BCUT2D eigenvalue weighted by atomic mass is 79.9. The molecule has 0 aliphatic heterocycles. The lowest BCUT2D eigenvalue weighted by Crippen LogP contribution is -2.10. The van der Waals surface area contributed by atoms with Crippen molar-refractivity contribution in [3.8, 4) is 0 Å². The van der Waals surface area contributed by atoms with Crippen LogP contribution in [0.25, 0.3) is 0 Å². The van der Waals surface area contributed by atoms with Gasteiger partial charge in [-0.05, 0) is 52.7 Å². The SMILES string of the molecule is O=C(c1c(F)ccc(Br)c1F)C1C2CCCCC21. The average molecular weight is 315 g/mol. The Labute approximate surface area is 113 Å². The van der Waals surface area contributed by atoms with Gasteiger partial charge in [0, 0.05) is 5.92 Å². The highest BCUT2D eigenvalue weighted by Gasteiger charge is 2.55. The molecule has 0 heterocycles. The van der Waals surface area contributed by atoms with Gasteiger partial charge < -0.3 is 0 Å². The summed E-state index contributed by atoms with van der Waals surface area (Å²) >= 11 is 3.00. The maximum atomic E-state index is 13.9. The van der Waals surface area contributed by atoms with Crippen molar-refractivity contribution in [2.45, 2.75) is 25.7 Å². The minimum absolute atomic E-state index is 0.147. The van der Waals surface area contributed by atoms with E-state index < -0.39 is 11.6 Å². The minimum Gasteiger partial charge on any atom is -0.294 e. The maximum absolute atomic E-state index is 13.9. The lowest BCUT2D eigenvalue weighted by molar-refractivity contribution is 0.0947. The van der Waals surface area contributed by atoms with Crippen LogP contribution in [0.5, 0.6) is 0 Å². The smallest absolute Gasteiger partial charge is 0.172 e. The first-order chi connectivity index (χ1) is 8.61. The van der Waals surface area contributed by atoms with E-state index in [-0.39, 0.29) is 21.7 Å². The van der Waals surface area contributed by atoms with E-state index >= 15 is 0 Å². The summed E-state index contributed by atoms with van der Waals surface area (Å²) in [4.78, 5) is 12.3. The number of benzene rings is 1. The molecule has 18 heavy (non-hydrogen) atoms. The number of ketones is 1. The first-order valence-electron chi connectivity index (χ1n) is 6.29. The number of rotatable bonds is 2. The van der Waals surface area contributed by atoms with E-state index in [9.17, 15) is 13.6 Å². The van der Waals surface area contributed by atoms with E-state index in [4.69, 9.17) is 0 Å². The Morgan fingerprint density at radius 1 is 1.17 bits per heavy atom. The summed E-state index contributed by atoms with van der Waals surface area (Å²) in [6.07, 6.45) is 4.32. The van der Waals surface area contributed by atoms with Gasteiger partial charge in [-0.3, -0.25) is 4.79 Å². The van der Waals surface area contributed by atoms with Crippen LogP contribution in [0, 0.1) is 29.4 Å². The zero-order valence-electron chi connectivity index (χ0n) is 9.76. The van der Waals surface area contributed by atoms with Crippen LogP contribution in [0.3, 0.4) is 0 Å². The van der Waals surface area contributed by atoms with Crippen LogP contribution in [0.2, 0.25) is 0 Å². The van der Waals surface area contributed by atoms with Crippen molar-refractivity contribution in [2.75, 3.05) is 0 Å². The number of carbonyl (C=O) groups is 1. The van der Waals surface area contributed by atoms with Crippen LogP contribution in [0.4, 0.5) is 8.78 Å². The van der Waals surface area contributed by atoms with Gasteiger partial charge in [0.15, 0.2) is 11.6 Å². The molecule has 2 unspecified atom stereocenters. The Balaban J connectivity index is 1.92. The van der Waals surface area contributed by atoms with Crippen molar-refractivity contribution in [2.24, 2.45) is 17.8 Å². The van der Waals surface area contributed by atoms with Crippen LogP contribution < -0.4 is 0 Å². The van der Waals surface area contributed by atoms with E-state index in [0.29, 0.717) is 11.8 Å². The van der Waals surface area contributed by atoms with Crippen LogP contribution in [-0.2, 0) is 0 Å². The fourth-order valence-corrected chi connectivity index (χ4v) is 3.63. The Hall–Kier alpha value is -0.770. The van der Waals surface area contributed by atoms with Crippen molar-refractivity contribution >= 4 is 21.7 Å². The van der Waals surface area contributed by atoms with E-state index in [2.05, 4.69) is 15.9 Å². The Bertz CT molecular complexity index is 503. The van der Waals surface area contributed by atoms with Gasteiger partial charge in [0.05, 0.1) is 10.0 Å². The Kier molecular flexibility index (Phi) is 3.00. The van der Waals surface area contributed by atoms with Crippen LogP contribution >= 0.6 is 15.9 Å². The molecule has 0 aromatic heterocycles. The lowest BCUT2D eigenvalue weighted by Gasteiger charge is -2.05. The molecule has 0 spiro atoms. The number of halogens is 3. The second-order valence-electron chi connectivity index (χ2n) is 5.22. The number of hydrogen-bond acceptors (Lipinski definition) is 1. The van der Waals surface area contributed by atoms with Gasteiger partial charge in [0.2, 0.25) is 0 Å². The second kappa shape index (κ2) is 4.41. The molecule has 0 radical (unpaired) electrons. The molecule has 0 amide bonds. The summed E-state index contributed by atoms with van der Waals surface area (Å²) in [5.41, 5.74) is -0.358. The summed E-state index contributed by atoms with van der Waals surface area (Å²) in [5, 5.41) is 0. The number of carbonyl (C=O) groups excluding carboxylic acids is 1. The average Bonchev–Trinajstić information content (AvgIpc) is 3.08. The lowest BCUT2D eigenvalue weighted by atomic mass is 10.0. The third-order valence-electron chi connectivity index (χ3n) is 4.25. The van der Waals surface area contributed by atoms with Crippen LogP contribution in [0.1, 0.15) is 36.0 Å². The summed E-state index contributed by atoms with van der Waals surface area (Å²) in [5.74, 6) is -1.27. The molecule has 2 aliphatic rings. The quantitative estimate of drug-likeness (QED) is 0.586. The van der Waals surface area contributed by atoms with E-state index in [0.717, 1.165) is 31.7 Å². The number of Topliss-reactive ketones (excluding diaryl/α,β-unsaturated/α-hetero) is 1. The standard InChI is InChI=1S/C14H13BrF2O/c15-9-5-6-10(16)12(13(9)17)14(18)11-7-3-1-2-4-8(7)11/h5-8,11H,1-4H2. The topological polar surface area (TPSA) is 17.1 Å². The van der Waals surface area contributed by atoms with Crippen molar-refractivity contribution < 1.29 is 13.6 Å². The van der Waals surface area contributed by atoms with Crippen LogP contribution in [0.15, 0.2) is 16.6 Å². The van der Waals surface area contributed by atoms with E-state index in [1.165, 1.54) is 6.07 Å². The second-order valence-corrected chi connectivity index (χ2v) is 6.07. The summed E-state index contributed by atoms with van der Waals surface area (Å²) in [6.45, 7) is 0. The monoisotopic (exact) mass is 314 g/mol. The molecular formula is C14H13BrF2O. The Morgan fingerprint density at radius 3 is 2.39 bits per heavy atom. The number of fused-ring (bicyclic) bond motifs is 1. The molecule has 2 fully saturated rings. The number of hydrogen-bond donors (Lipinski definition) is 0. The normalized spacial score (nSPS) is 29.8. The molecule has 2 saturated carbocycles. The molecular weight excluding hydrogens is 302 g/mol. The highest BCUT2D eigenvalue weighted by molar-refractivity contribution is 9.10. The van der Waals surface area contributed by atoms with Crippen molar-refractivity contribution in [1.82, 2.24) is 0 Å². The third-order valence-corrected chi connectivity index (χ3v) is 4.86.